The van der Waals surface area contributed by atoms with E-state index in [1.54, 1.807) is 0 Å². The molecule has 19 heavy (non-hydrogen) atoms. The summed E-state index contributed by atoms with van der Waals surface area (Å²) in [5, 5.41) is 3.35. The molecular formula is C15H21NO3. The van der Waals surface area contributed by atoms with Crippen molar-refractivity contribution in [1.82, 2.24) is 0 Å². The van der Waals surface area contributed by atoms with Crippen LogP contribution < -0.4 is 5.32 Å². The van der Waals surface area contributed by atoms with Gasteiger partial charge in [-0.05, 0) is 26.0 Å². The van der Waals surface area contributed by atoms with Crippen molar-refractivity contribution in [3.8, 4) is 0 Å². The molecule has 2 rings (SSSR count). The van der Waals surface area contributed by atoms with Gasteiger partial charge in [-0.15, -0.1) is 0 Å². The van der Waals surface area contributed by atoms with Gasteiger partial charge >= 0.3 is 5.97 Å². The Morgan fingerprint density at radius 2 is 1.95 bits per heavy atom. The summed E-state index contributed by atoms with van der Waals surface area (Å²) in [5.41, 5.74) is 1.49. The minimum atomic E-state index is -0.649. The van der Waals surface area contributed by atoms with Gasteiger partial charge in [0.05, 0.1) is 6.61 Å². The fourth-order valence-electron chi connectivity index (χ4n) is 2.28. The van der Waals surface area contributed by atoms with Crippen LogP contribution in [0.4, 0.5) is 5.69 Å². The Balaban J connectivity index is 2.17. The number of carbonyl (C=O) groups excluding carboxylic acids is 1. The highest BCUT2D eigenvalue weighted by molar-refractivity contribution is 5.84. The molecule has 1 saturated heterocycles. The van der Waals surface area contributed by atoms with E-state index in [0.717, 1.165) is 5.69 Å². The topological polar surface area (TPSA) is 47.6 Å². The molecule has 1 N–H and O–H groups in total. The number of hydrogen-bond acceptors (Lipinski definition) is 4. The van der Waals surface area contributed by atoms with Gasteiger partial charge in [-0.3, -0.25) is 0 Å². The van der Waals surface area contributed by atoms with Crippen LogP contribution in [-0.4, -0.2) is 31.3 Å². The second-order valence-corrected chi connectivity index (χ2v) is 4.91. The minimum absolute atomic E-state index is 0.182. The first-order valence-electron chi connectivity index (χ1n) is 6.76. The first-order chi connectivity index (χ1) is 9.16. The molecule has 104 valence electrons. The largest absolute Gasteiger partial charge is 0.464 e. The minimum Gasteiger partial charge on any atom is -0.464 e. The van der Waals surface area contributed by atoms with Gasteiger partial charge in [-0.2, -0.15) is 0 Å². The van der Waals surface area contributed by atoms with Crippen LogP contribution in [0.2, 0.25) is 0 Å². The van der Waals surface area contributed by atoms with E-state index in [4.69, 9.17) is 9.47 Å². The fourth-order valence-corrected chi connectivity index (χ4v) is 2.28. The second-order valence-electron chi connectivity index (χ2n) is 4.91. The highest BCUT2D eigenvalue weighted by Crippen LogP contribution is 2.27. The van der Waals surface area contributed by atoms with Crippen LogP contribution in [0, 0.1) is 6.92 Å². The Kier molecular flexibility index (Phi) is 4.43. The zero-order valence-electron chi connectivity index (χ0n) is 11.6. The molecule has 0 atom stereocenters. The molecule has 0 radical (unpaired) electrons. The Morgan fingerprint density at radius 1 is 1.32 bits per heavy atom. The lowest BCUT2D eigenvalue weighted by Crippen LogP contribution is -2.51. The number of nitrogens with one attached hydrogen (secondary N) is 1. The number of rotatable bonds is 4. The van der Waals surface area contributed by atoms with Crippen molar-refractivity contribution in [1.29, 1.82) is 0 Å². The Hall–Kier alpha value is -1.55. The maximum Gasteiger partial charge on any atom is 0.331 e. The molecular weight excluding hydrogens is 242 g/mol. The van der Waals surface area contributed by atoms with Crippen LogP contribution in [0.3, 0.4) is 0 Å². The van der Waals surface area contributed by atoms with Crippen molar-refractivity contribution in [2.45, 2.75) is 32.2 Å². The molecule has 4 nitrogen and oxygen atoms in total. The predicted molar refractivity (Wildman–Crippen MR) is 74.2 cm³/mol. The number of carbonyl (C=O) groups is 1. The van der Waals surface area contributed by atoms with Crippen molar-refractivity contribution in [2.24, 2.45) is 0 Å². The van der Waals surface area contributed by atoms with Crippen LogP contribution in [0.1, 0.15) is 25.3 Å². The SMILES string of the molecule is CCOC(=O)C1(Nc2ccc(C)cc2)CCOCC1. The van der Waals surface area contributed by atoms with Crippen molar-refractivity contribution >= 4 is 11.7 Å². The Bertz CT molecular complexity index is 422. The van der Waals surface area contributed by atoms with Crippen LogP contribution in [0.15, 0.2) is 24.3 Å². The van der Waals surface area contributed by atoms with E-state index in [-0.39, 0.29) is 5.97 Å². The molecule has 1 aliphatic heterocycles. The van der Waals surface area contributed by atoms with E-state index < -0.39 is 5.54 Å². The van der Waals surface area contributed by atoms with E-state index in [2.05, 4.69) is 5.32 Å². The molecule has 1 aromatic rings. The van der Waals surface area contributed by atoms with Crippen molar-refractivity contribution in [2.75, 3.05) is 25.1 Å². The number of hydrogen-bond donors (Lipinski definition) is 1. The normalized spacial score (nSPS) is 17.8. The van der Waals surface area contributed by atoms with Gasteiger partial charge in [0, 0.05) is 31.7 Å². The Labute approximate surface area is 114 Å². The molecule has 0 spiro atoms. The summed E-state index contributed by atoms with van der Waals surface area (Å²) in [6.07, 6.45) is 1.28. The van der Waals surface area contributed by atoms with Crippen LogP contribution in [0.25, 0.3) is 0 Å². The highest BCUT2D eigenvalue weighted by atomic mass is 16.5. The summed E-state index contributed by atoms with van der Waals surface area (Å²) in [4.78, 5) is 12.3. The third-order valence-electron chi connectivity index (χ3n) is 3.45. The zero-order valence-corrected chi connectivity index (χ0v) is 11.6. The fraction of sp³-hybridized carbons (Fsp3) is 0.533. The maximum atomic E-state index is 12.3. The molecule has 0 bridgehead atoms. The lowest BCUT2D eigenvalue weighted by atomic mass is 9.89. The van der Waals surface area contributed by atoms with Gasteiger partial charge in [0.25, 0.3) is 0 Å². The molecule has 1 aromatic carbocycles. The van der Waals surface area contributed by atoms with Gasteiger partial charge in [0.2, 0.25) is 0 Å². The molecule has 1 heterocycles. The van der Waals surface area contributed by atoms with E-state index in [0.29, 0.717) is 32.7 Å². The van der Waals surface area contributed by atoms with Gasteiger partial charge in [0.15, 0.2) is 0 Å². The maximum absolute atomic E-state index is 12.3. The van der Waals surface area contributed by atoms with E-state index in [1.807, 2.05) is 38.1 Å². The number of benzene rings is 1. The average molecular weight is 263 g/mol. The second kappa shape index (κ2) is 6.06. The molecule has 0 unspecified atom stereocenters. The first-order valence-corrected chi connectivity index (χ1v) is 6.76. The molecule has 1 fully saturated rings. The quantitative estimate of drug-likeness (QED) is 0.848. The van der Waals surface area contributed by atoms with E-state index >= 15 is 0 Å². The number of ether oxygens (including phenoxy) is 2. The van der Waals surface area contributed by atoms with Gasteiger partial charge in [-0.1, -0.05) is 17.7 Å². The summed E-state index contributed by atoms with van der Waals surface area (Å²) in [6, 6.07) is 8.04. The molecule has 0 amide bonds. The van der Waals surface area contributed by atoms with Crippen molar-refractivity contribution in [3.05, 3.63) is 29.8 Å². The van der Waals surface area contributed by atoms with Crippen molar-refractivity contribution in [3.63, 3.8) is 0 Å². The van der Waals surface area contributed by atoms with Crippen molar-refractivity contribution < 1.29 is 14.3 Å². The third-order valence-corrected chi connectivity index (χ3v) is 3.45. The average Bonchev–Trinajstić information content (AvgIpc) is 2.43. The molecule has 4 heteroatoms. The van der Waals surface area contributed by atoms with Gasteiger partial charge in [0.1, 0.15) is 5.54 Å². The molecule has 0 aliphatic carbocycles. The summed E-state index contributed by atoms with van der Waals surface area (Å²) in [7, 11) is 0. The van der Waals surface area contributed by atoms with E-state index in [9.17, 15) is 4.79 Å². The first kappa shape index (κ1) is 13.9. The zero-order chi connectivity index (χ0) is 13.7. The van der Waals surface area contributed by atoms with Crippen LogP contribution >= 0.6 is 0 Å². The number of aryl methyl sites for hydroxylation is 1. The summed E-state index contributed by atoms with van der Waals surface area (Å²) >= 11 is 0. The standard InChI is InChI=1S/C15H21NO3/c1-3-19-14(17)15(8-10-18-11-9-15)16-13-6-4-12(2)5-7-13/h4-7,16H,3,8-11H2,1-2H3. The summed E-state index contributed by atoms with van der Waals surface area (Å²) in [6.45, 7) is 5.43. The van der Waals surface area contributed by atoms with Crippen LogP contribution in [-0.2, 0) is 14.3 Å². The van der Waals surface area contributed by atoms with Crippen LogP contribution in [0.5, 0.6) is 0 Å². The number of anilines is 1. The molecule has 0 saturated carbocycles. The monoisotopic (exact) mass is 263 g/mol. The molecule has 1 aliphatic rings. The predicted octanol–water partition coefficient (Wildman–Crippen LogP) is 2.52. The summed E-state index contributed by atoms with van der Waals surface area (Å²) < 4.78 is 10.6. The third kappa shape index (κ3) is 3.26. The summed E-state index contributed by atoms with van der Waals surface area (Å²) in [5.74, 6) is -0.182. The number of esters is 1. The molecule has 0 aromatic heterocycles. The lowest BCUT2D eigenvalue weighted by molar-refractivity contribution is -0.152. The smallest absolute Gasteiger partial charge is 0.331 e. The Morgan fingerprint density at radius 3 is 2.53 bits per heavy atom. The van der Waals surface area contributed by atoms with Gasteiger partial charge in [-0.25, -0.2) is 4.79 Å². The van der Waals surface area contributed by atoms with Gasteiger partial charge < -0.3 is 14.8 Å². The lowest BCUT2D eigenvalue weighted by Gasteiger charge is -2.36. The highest BCUT2D eigenvalue weighted by Gasteiger charge is 2.41. The van der Waals surface area contributed by atoms with E-state index in [1.165, 1.54) is 5.56 Å².